The molecular formula is C18H14O6. The van der Waals surface area contributed by atoms with Crippen LogP contribution in [-0.2, 0) is 6.42 Å². The molecule has 24 heavy (non-hydrogen) atoms. The highest BCUT2D eigenvalue weighted by Gasteiger charge is 2.35. The first-order chi connectivity index (χ1) is 11.3. The number of fused-ring (bicyclic) bond motifs is 6. The Morgan fingerprint density at radius 2 is 1.38 bits per heavy atom. The topological polar surface area (TPSA) is 121 Å². The second kappa shape index (κ2) is 4.53. The molecule has 0 unspecified atom stereocenters. The maximum Gasteiger partial charge on any atom is 0.226 e. The van der Waals surface area contributed by atoms with Crippen LogP contribution in [-0.4, -0.2) is 36.4 Å². The van der Waals surface area contributed by atoms with Crippen LogP contribution < -0.4 is 0 Å². The minimum Gasteiger partial charge on any atom is -0.508 e. The van der Waals surface area contributed by atoms with Crippen LogP contribution in [0.1, 0.15) is 11.1 Å². The Balaban J connectivity index is 2.26. The normalized spacial score (nSPS) is 16.2. The van der Waals surface area contributed by atoms with E-state index in [0.717, 1.165) is 0 Å². The van der Waals surface area contributed by atoms with Crippen LogP contribution in [0.3, 0.4) is 0 Å². The Labute approximate surface area is 135 Å². The molecule has 0 spiro atoms. The summed E-state index contributed by atoms with van der Waals surface area (Å²) in [5, 5.41) is 61.6. The van der Waals surface area contributed by atoms with Gasteiger partial charge in [0, 0.05) is 6.42 Å². The van der Waals surface area contributed by atoms with Crippen LogP contribution in [0.5, 0.6) is 17.2 Å². The lowest BCUT2D eigenvalue weighted by atomic mass is 9.84. The van der Waals surface area contributed by atoms with Crippen LogP contribution in [0.2, 0.25) is 0 Å². The van der Waals surface area contributed by atoms with E-state index in [1.54, 1.807) is 6.07 Å². The van der Waals surface area contributed by atoms with E-state index >= 15 is 0 Å². The Hall–Kier alpha value is -2.96. The molecule has 0 aromatic heterocycles. The molecule has 6 nitrogen and oxygen atoms in total. The van der Waals surface area contributed by atoms with Gasteiger partial charge in [-0.15, -0.1) is 0 Å². The summed E-state index contributed by atoms with van der Waals surface area (Å²) in [6.45, 7) is 0. The highest BCUT2D eigenvalue weighted by Crippen LogP contribution is 2.43. The number of aromatic hydroxyl groups is 3. The Bertz CT molecular complexity index is 1050. The van der Waals surface area contributed by atoms with Crippen molar-refractivity contribution < 1.29 is 30.6 Å². The first-order valence-corrected chi connectivity index (χ1v) is 7.27. The van der Waals surface area contributed by atoms with Crippen molar-refractivity contribution in [1.29, 1.82) is 0 Å². The lowest BCUT2D eigenvalue weighted by molar-refractivity contribution is -0.150. The minimum atomic E-state index is -2.40. The van der Waals surface area contributed by atoms with Gasteiger partial charge < -0.3 is 30.6 Å². The maximum atomic E-state index is 9.97. The Kier molecular flexibility index (Phi) is 2.76. The summed E-state index contributed by atoms with van der Waals surface area (Å²) in [6.07, 6.45) is 0.990. The van der Waals surface area contributed by atoms with Crippen molar-refractivity contribution in [2.75, 3.05) is 0 Å². The lowest BCUT2D eigenvalue weighted by Crippen LogP contribution is -2.35. The molecule has 0 saturated carbocycles. The van der Waals surface area contributed by atoms with Gasteiger partial charge in [-0.2, -0.15) is 0 Å². The SMILES string of the molecule is OC1=Cc2c(c3cc(O)c(O)cc3c3cc(O)ccc23)CC1(O)O. The van der Waals surface area contributed by atoms with Crippen molar-refractivity contribution in [1.82, 2.24) is 0 Å². The summed E-state index contributed by atoms with van der Waals surface area (Å²) < 4.78 is 0. The van der Waals surface area contributed by atoms with E-state index in [1.165, 1.54) is 30.3 Å². The lowest BCUT2D eigenvalue weighted by Gasteiger charge is -2.28. The van der Waals surface area contributed by atoms with Crippen molar-refractivity contribution >= 4 is 27.6 Å². The Morgan fingerprint density at radius 3 is 2.08 bits per heavy atom. The van der Waals surface area contributed by atoms with Crippen molar-refractivity contribution in [3.8, 4) is 17.2 Å². The molecule has 3 aromatic carbocycles. The molecule has 1 aliphatic rings. The molecule has 0 amide bonds. The first kappa shape index (κ1) is 14.6. The smallest absolute Gasteiger partial charge is 0.226 e. The summed E-state index contributed by atoms with van der Waals surface area (Å²) in [7, 11) is 0. The van der Waals surface area contributed by atoms with Crippen LogP contribution in [0, 0.1) is 0 Å². The number of hydrogen-bond donors (Lipinski definition) is 6. The maximum absolute atomic E-state index is 9.97. The summed E-state index contributed by atoms with van der Waals surface area (Å²) in [5.41, 5.74) is 1.08. The zero-order valence-corrected chi connectivity index (χ0v) is 12.4. The van der Waals surface area contributed by atoms with E-state index in [2.05, 4.69) is 0 Å². The van der Waals surface area contributed by atoms with Crippen LogP contribution in [0.4, 0.5) is 0 Å². The third kappa shape index (κ3) is 1.90. The quantitative estimate of drug-likeness (QED) is 0.214. The fraction of sp³-hybridized carbons (Fsp3) is 0.111. The third-order valence-electron chi connectivity index (χ3n) is 4.46. The number of aliphatic hydroxyl groups is 3. The highest BCUT2D eigenvalue weighted by molar-refractivity contribution is 6.14. The van der Waals surface area contributed by atoms with Crippen molar-refractivity contribution in [3.63, 3.8) is 0 Å². The van der Waals surface area contributed by atoms with Crippen molar-refractivity contribution in [2.45, 2.75) is 12.2 Å². The molecule has 0 saturated heterocycles. The van der Waals surface area contributed by atoms with Gasteiger partial charge in [0.1, 0.15) is 5.75 Å². The van der Waals surface area contributed by atoms with Crippen molar-refractivity contribution in [3.05, 3.63) is 47.2 Å². The van der Waals surface area contributed by atoms with Gasteiger partial charge in [0.15, 0.2) is 17.3 Å². The van der Waals surface area contributed by atoms with Gasteiger partial charge in [0.25, 0.3) is 0 Å². The summed E-state index contributed by atoms with van der Waals surface area (Å²) >= 11 is 0. The van der Waals surface area contributed by atoms with Gasteiger partial charge in [-0.25, -0.2) is 0 Å². The average molecular weight is 326 g/mol. The fourth-order valence-corrected chi connectivity index (χ4v) is 3.29. The number of phenolic OH excluding ortho intramolecular Hbond substituents is 3. The van der Waals surface area contributed by atoms with E-state index in [-0.39, 0.29) is 23.7 Å². The largest absolute Gasteiger partial charge is 0.508 e. The number of benzene rings is 3. The van der Waals surface area contributed by atoms with Gasteiger partial charge >= 0.3 is 0 Å². The molecule has 0 fully saturated rings. The summed E-state index contributed by atoms with van der Waals surface area (Å²) in [5.74, 6) is -3.62. The van der Waals surface area contributed by atoms with Gasteiger partial charge in [0.05, 0.1) is 0 Å². The average Bonchev–Trinajstić information content (AvgIpc) is 2.51. The molecule has 0 heterocycles. The molecule has 0 bridgehead atoms. The molecule has 4 rings (SSSR count). The monoisotopic (exact) mass is 326 g/mol. The van der Waals surface area contributed by atoms with E-state index in [4.69, 9.17) is 0 Å². The zero-order chi connectivity index (χ0) is 17.2. The molecule has 6 N–H and O–H groups in total. The van der Waals surface area contributed by atoms with E-state index in [9.17, 15) is 30.6 Å². The first-order valence-electron chi connectivity index (χ1n) is 7.27. The third-order valence-corrected chi connectivity index (χ3v) is 4.46. The predicted molar refractivity (Wildman–Crippen MR) is 87.9 cm³/mol. The van der Waals surface area contributed by atoms with Crippen LogP contribution >= 0.6 is 0 Å². The van der Waals surface area contributed by atoms with Gasteiger partial charge in [0.2, 0.25) is 5.79 Å². The second-order valence-electron chi connectivity index (χ2n) is 6.03. The molecule has 1 aliphatic carbocycles. The van der Waals surface area contributed by atoms with Crippen LogP contribution in [0.15, 0.2) is 36.1 Å². The fourth-order valence-electron chi connectivity index (χ4n) is 3.29. The standard InChI is InChI=1S/C18H14O6/c19-8-1-2-9-10(3-8)11-4-15(20)16(21)5-12(11)14-7-18(23,24)17(22)6-13(9)14/h1-6,19-24H,7H2. The van der Waals surface area contributed by atoms with E-state index in [1.807, 2.05) is 0 Å². The van der Waals surface area contributed by atoms with Gasteiger partial charge in [-0.1, -0.05) is 6.07 Å². The zero-order valence-electron chi connectivity index (χ0n) is 12.4. The molecule has 0 aliphatic heterocycles. The molecule has 0 atom stereocenters. The number of hydrogen-bond acceptors (Lipinski definition) is 6. The van der Waals surface area contributed by atoms with Gasteiger partial charge in [-0.3, -0.25) is 0 Å². The van der Waals surface area contributed by atoms with Gasteiger partial charge in [-0.05, 0) is 63.0 Å². The number of aliphatic hydroxyl groups excluding tert-OH is 1. The molecule has 122 valence electrons. The molecular weight excluding hydrogens is 312 g/mol. The summed E-state index contributed by atoms with van der Waals surface area (Å²) in [6, 6.07) is 7.34. The van der Waals surface area contributed by atoms with E-state index < -0.39 is 11.5 Å². The number of phenols is 3. The molecule has 0 radical (unpaired) electrons. The molecule has 3 aromatic rings. The molecule has 6 heteroatoms. The Morgan fingerprint density at radius 1 is 0.750 bits per heavy atom. The number of rotatable bonds is 0. The summed E-state index contributed by atoms with van der Waals surface area (Å²) in [4.78, 5) is 0. The minimum absolute atomic E-state index is 0.0268. The second-order valence-corrected chi connectivity index (χ2v) is 6.03. The highest BCUT2D eigenvalue weighted by atomic mass is 16.5. The predicted octanol–water partition coefficient (Wildman–Crippen LogP) is 2.25. The van der Waals surface area contributed by atoms with E-state index in [0.29, 0.717) is 32.7 Å². The van der Waals surface area contributed by atoms with Crippen LogP contribution in [0.25, 0.3) is 27.6 Å². The van der Waals surface area contributed by atoms with Crippen molar-refractivity contribution in [2.24, 2.45) is 0 Å².